The first kappa shape index (κ1) is 10.4. The second-order valence-electron chi connectivity index (χ2n) is 2.50. The SMILES string of the molecule is NP(N)(=O)NC(=O)Cc1cccs1. The van der Waals surface area contributed by atoms with Gasteiger partial charge in [0.15, 0.2) is 0 Å². The monoisotopic (exact) mass is 219 g/mol. The van der Waals surface area contributed by atoms with Gasteiger partial charge in [0.05, 0.1) is 6.42 Å². The molecular weight excluding hydrogens is 209 g/mol. The lowest BCUT2D eigenvalue weighted by Gasteiger charge is -2.07. The van der Waals surface area contributed by atoms with E-state index in [4.69, 9.17) is 11.0 Å². The number of hydrogen-bond donors (Lipinski definition) is 3. The summed E-state index contributed by atoms with van der Waals surface area (Å²) in [6, 6.07) is 3.64. The lowest BCUT2D eigenvalue weighted by Crippen LogP contribution is -2.29. The second kappa shape index (κ2) is 4.02. The number of thiophene rings is 1. The van der Waals surface area contributed by atoms with Crippen LogP contribution in [0.1, 0.15) is 4.88 Å². The molecule has 0 unspecified atom stereocenters. The Hall–Kier alpha value is -0.680. The first-order valence-corrected chi connectivity index (χ1v) is 6.20. The zero-order valence-corrected chi connectivity index (χ0v) is 8.48. The molecule has 0 saturated carbocycles. The van der Waals surface area contributed by atoms with Crippen molar-refractivity contribution in [2.45, 2.75) is 6.42 Å². The summed E-state index contributed by atoms with van der Waals surface area (Å²) in [5, 5.41) is 3.89. The third-order valence-electron chi connectivity index (χ3n) is 1.21. The molecule has 1 rings (SSSR count). The molecule has 7 heteroatoms. The van der Waals surface area contributed by atoms with Gasteiger partial charge >= 0.3 is 0 Å². The normalized spacial score (nSPS) is 11.2. The highest BCUT2D eigenvalue weighted by atomic mass is 32.1. The number of nitrogens with two attached hydrogens (primary N) is 2. The smallest absolute Gasteiger partial charge is 0.283 e. The maximum Gasteiger partial charge on any atom is 0.300 e. The molecule has 1 amide bonds. The van der Waals surface area contributed by atoms with E-state index >= 15 is 0 Å². The molecule has 0 atom stereocenters. The molecule has 0 spiro atoms. The first-order valence-electron chi connectivity index (χ1n) is 3.48. The van der Waals surface area contributed by atoms with E-state index in [0.29, 0.717) is 0 Å². The fourth-order valence-corrected chi connectivity index (χ4v) is 1.98. The predicted octanol–water partition coefficient (Wildman–Crippen LogP) is 0.432. The number of carbonyl (C=O) groups excluding carboxylic acids is 1. The average molecular weight is 219 g/mol. The van der Waals surface area contributed by atoms with E-state index in [-0.39, 0.29) is 6.42 Å². The largest absolute Gasteiger partial charge is 0.300 e. The van der Waals surface area contributed by atoms with Gasteiger partial charge in [-0.05, 0) is 11.4 Å². The Labute approximate surface area is 79.7 Å². The maximum atomic E-state index is 11.1. The van der Waals surface area contributed by atoms with Crippen LogP contribution >= 0.6 is 18.9 Å². The highest BCUT2D eigenvalue weighted by Gasteiger charge is 2.13. The van der Waals surface area contributed by atoms with Crippen molar-refractivity contribution in [3.63, 3.8) is 0 Å². The molecule has 0 aromatic carbocycles. The summed E-state index contributed by atoms with van der Waals surface area (Å²) in [6.45, 7) is 0. The van der Waals surface area contributed by atoms with Gasteiger partial charge in [-0.2, -0.15) is 0 Å². The van der Waals surface area contributed by atoms with Crippen LogP contribution in [0.2, 0.25) is 0 Å². The summed E-state index contributed by atoms with van der Waals surface area (Å²) >= 11 is 1.45. The summed E-state index contributed by atoms with van der Waals surface area (Å²) in [6.07, 6.45) is 0.163. The van der Waals surface area contributed by atoms with Crippen molar-refractivity contribution < 1.29 is 9.36 Å². The van der Waals surface area contributed by atoms with E-state index in [1.54, 1.807) is 0 Å². The van der Waals surface area contributed by atoms with Gasteiger partial charge in [0, 0.05) is 4.88 Å². The molecule has 5 N–H and O–H groups in total. The van der Waals surface area contributed by atoms with Crippen molar-refractivity contribution in [1.82, 2.24) is 5.09 Å². The van der Waals surface area contributed by atoms with Crippen molar-refractivity contribution in [3.8, 4) is 0 Å². The van der Waals surface area contributed by atoms with Crippen LogP contribution in [0, 0.1) is 0 Å². The van der Waals surface area contributed by atoms with E-state index < -0.39 is 13.5 Å². The number of carbonyl (C=O) groups is 1. The van der Waals surface area contributed by atoms with Gasteiger partial charge in [0.2, 0.25) is 5.91 Å². The number of hydrogen-bond acceptors (Lipinski definition) is 3. The Morgan fingerprint density at radius 3 is 2.77 bits per heavy atom. The summed E-state index contributed by atoms with van der Waals surface area (Å²) in [7, 11) is -3.44. The number of rotatable bonds is 3. The van der Waals surface area contributed by atoms with E-state index in [0.717, 1.165) is 4.88 Å². The quantitative estimate of drug-likeness (QED) is 0.642. The zero-order chi connectivity index (χ0) is 9.90. The van der Waals surface area contributed by atoms with Gasteiger partial charge < -0.3 is 0 Å². The second-order valence-corrected chi connectivity index (χ2v) is 5.18. The van der Waals surface area contributed by atoms with Gasteiger partial charge in [-0.25, -0.2) is 0 Å². The highest BCUT2D eigenvalue weighted by Crippen LogP contribution is 2.18. The van der Waals surface area contributed by atoms with Crippen molar-refractivity contribution in [2.24, 2.45) is 11.0 Å². The topological polar surface area (TPSA) is 98.2 Å². The molecule has 0 saturated heterocycles. The van der Waals surface area contributed by atoms with Crippen LogP contribution in [0.3, 0.4) is 0 Å². The summed E-state index contributed by atoms with van der Waals surface area (Å²) < 4.78 is 10.8. The molecule has 0 bridgehead atoms. The molecule has 1 heterocycles. The minimum Gasteiger partial charge on any atom is -0.283 e. The van der Waals surface area contributed by atoms with Gasteiger partial charge in [0.25, 0.3) is 7.59 Å². The van der Waals surface area contributed by atoms with Crippen molar-refractivity contribution >= 4 is 24.8 Å². The minimum absolute atomic E-state index is 0.163. The molecule has 0 aliphatic carbocycles. The van der Waals surface area contributed by atoms with Gasteiger partial charge in [-0.1, -0.05) is 6.07 Å². The molecule has 0 radical (unpaired) electrons. The van der Waals surface area contributed by atoms with Crippen LogP contribution in [0.25, 0.3) is 0 Å². The molecule has 0 aliphatic heterocycles. The van der Waals surface area contributed by atoms with Crippen LogP contribution < -0.4 is 16.1 Å². The summed E-state index contributed by atoms with van der Waals surface area (Å²) in [5.41, 5.74) is 9.94. The highest BCUT2D eigenvalue weighted by molar-refractivity contribution is 7.57. The van der Waals surface area contributed by atoms with Crippen molar-refractivity contribution in [1.29, 1.82) is 0 Å². The first-order chi connectivity index (χ1) is 5.97. The molecule has 72 valence electrons. The van der Waals surface area contributed by atoms with Crippen LogP contribution in [-0.4, -0.2) is 5.91 Å². The van der Waals surface area contributed by atoms with E-state index in [9.17, 15) is 9.36 Å². The number of amides is 1. The van der Waals surface area contributed by atoms with Crippen molar-refractivity contribution in [3.05, 3.63) is 22.4 Å². The third-order valence-corrected chi connectivity index (χ3v) is 2.69. The van der Waals surface area contributed by atoms with Gasteiger partial charge in [0.1, 0.15) is 0 Å². The van der Waals surface area contributed by atoms with Crippen LogP contribution in [-0.2, 0) is 15.8 Å². The minimum atomic E-state index is -3.44. The fraction of sp³-hybridized carbons (Fsp3) is 0.167. The Bertz CT molecular complexity index is 332. The molecule has 13 heavy (non-hydrogen) atoms. The average Bonchev–Trinajstić information content (AvgIpc) is 2.34. The Morgan fingerprint density at radius 2 is 2.31 bits per heavy atom. The van der Waals surface area contributed by atoms with Crippen LogP contribution in [0.15, 0.2) is 17.5 Å². The molecule has 5 nitrogen and oxygen atoms in total. The van der Waals surface area contributed by atoms with Crippen molar-refractivity contribution in [2.75, 3.05) is 0 Å². The van der Waals surface area contributed by atoms with E-state index in [1.165, 1.54) is 11.3 Å². The lowest BCUT2D eigenvalue weighted by molar-refractivity contribution is -0.118. The summed E-state index contributed by atoms with van der Waals surface area (Å²) in [5.74, 6) is -0.421. The van der Waals surface area contributed by atoms with Crippen LogP contribution in [0.5, 0.6) is 0 Å². The number of nitrogens with one attached hydrogen (secondary N) is 1. The molecule has 0 fully saturated rings. The standard InChI is InChI=1S/C6H10N3O2PS/c7-12(8,11)9-6(10)4-5-2-1-3-13-5/h1-3H,4H2,(H5,7,8,9,10,11). The summed E-state index contributed by atoms with van der Waals surface area (Å²) in [4.78, 5) is 12.0. The molecule has 0 aliphatic rings. The van der Waals surface area contributed by atoms with Gasteiger partial charge in [-0.15, -0.1) is 11.3 Å². The Morgan fingerprint density at radius 1 is 1.62 bits per heavy atom. The molecule has 1 aromatic rings. The zero-order valence-electron chi connectivity index (χ0n) is 6.77. The Kier molecular flexibility index (Phi) is 3.22. The lowest BCUT2D eigenvalue weighted by atomic mass is 10.3. The molecule has 1 aromatic heterocycles. The van der Waals surface area contributed by atoms with E-state index in [1.807, 2.05) is 22.6 Å². The van der Waals surface area contributed by atoms with E-state index in [2.05, 4.69) is 0 Å². The fourth-order valence-electron chi connectivity index (χ4n) is 0.806. The van der Waals surface area contributed by atoms with Gasteiger partial charge in [-0.3, -0.25) is 25.5 Å². The Balaban J connectivity index is 2.48. The predicted molar refractivity (Wildman–Crippen MR) is 52.1 cm³/mol. The van der Waals surface area contributed by atoms with Crippen LogP contribution in [0.4, 0.5) is 0 Å². The molecular formula is C6H10N3O2PS. The third kappa shape index (κ3) is 4.19. The maximum absolute atomic E-state index is 11.1.